The highest BCUT2D eigenvalue weighted by Crippen LogP contribution is 2.19. The summed E-state index contributed by atoms with van der Waals surface area (Å²) >= 11 is 0. The summed E-state index contributed by atoms with van der Waals surface area (Å²) < 4.78 is 0. The summed E-state index contributed by atoms with van der Waals surface area (Å²) in [6.45, 7) is 15.5. The Morgan fingerprint density at radius 2 is 1.67 bits per heavy atom. The summed E-state index contributed by atoms with van der Waals surface area (Å²) in [6, 6.07) is 3.80. The van der Waals surface area contributed by atoms with Crippen LogP contribution in [0.5, 0.6) is 0 Å². The van der Waals surface area contributed by atoms with Crippen molar-refractivity contribution in [1.82, 2.24) is 9.97 Å². The van der Waals surface area contributed by atoms with E-state index in [-0.39, 0.29) is 0 Å². The molecule has 0 aromatic carbocycles. The zero-order chi connectivity index (χ0) is 14.0. The van der Waals surface area contributed by atoms with Gasteiger partial charge in [-0.1, -0.05) is 53.0 Å². The van der Waals surface area contributed by atoms with Crippen LogP contribution < -0.4 is 0 Å². The SMILES string of the molecule is C=Cc1cnc2cccnc2c1C=C.CC.CC. The number of nitrogens with zero attached hydrogens (tertiary/aromatic N) is 2. The zero-order valence-electron chi connectivity index (χ0n) is 11.8. The first kappa shape index (κ1) is 16.0. The summed E-state index contributed by atoms with van der Waals surface area (Å²) in [7, 11) is 0. The minimum atomic E-state index is 0.875. The number of pyridine rings is 2. The van der Waals surface area contributed by atoms with E-state index in [0.717, 1.165) is 22.2 Å². The van der Waals surface area contributed by atoms with Gasteiger partial charge in [0, 0.05) is 23.5 Å². The summed E-state index contributed by atoms with van der Waals surface area (Å²) in [4.78, 5) is 8.56. The van der Waals surface area contributed by atoms with Crippen LogP contribution in [0.4, 0.5) is 0 Å². The molecule has 0 N–H and O–H groups in total. The molecule has 2 aromatic rings. The maximum atomic E-state index is 4.28. The van der Waals surface area contributed by atoms with Crippen molar-refractivity contribution in [1.29, 1.82) is 0 Å². The molecular formula is C16H22N2. The van der Waals surface area contributed by atoms with Crippen LogP contribution in [0.15, 0.2) is 37.7 Å². The van der Waals surface area contributed by atoms with E-state index in [4.69, 9.17) is 0 Å². The minimum absolute atomic E-state index is 0.875. The largest absolute Gasteiger partial charge is 0.254 e. The molecule has 0 atom stereocenters. The molecule has 2 nitrogen and oxygen atoms in total. The lowest BCUT2D eigenvalue weighted by molar-refractivity contribution is 1.32. The standard InChI is InChI=1S/C12H10N2.2C2H6/c1-3-9-8-14-11-6-5-7-13-12(11)10(9)4-2;2*1-2/h3-8H,1-2H2;2*1-2H3. The number of fused-ring (bicyclic) bond motifs is 1. The smallest absolute Gasteiger partial charge is 0.0964 e. The van der Waals surface area contributed by atoms with E-state index in [2.05, 4.69) is 23.1 Å². The van der Waals surface area contributed by atoms with Gasteiger partial charge >= 0.3 is 0 Å². The Balaban J connectivity index is 0.000000659. The highest BCUT2D eigenvalue weighted by atomic mass is 14.7. The van der Waals surface area contributed by atoms with Gasteiger partial charge in [-0.3, -0.25) is 9.97 Å². The second-order valence-electron chi connectivity index (χ2n) is 2.91. The predicted octanol–water partition coefficient (Wildman–Crippen LogP) is 4.97. The highest BCUT2D eigenvalue weighted by Gasteiger charge is 2.03. The van der Waals surface area contributed by atoms with Gasteiger partial charge in [-0.15, -0.1) is 0 Å². The van der Waals surface area contributed by atoms with Gasteiger partial charge in [0.1, 0.15) is 0 Å². The van der Waals surface area contributed by atoms with E-state index in [9.17, 15) is 0 Å². The molecule has 0 bridgehead atoms. The van der Waals surface area contributed by atoms with E-state index in [1.54, 1.807) is 24.5 Å². The fourth-order valence-corrected chi connectivity index (χ4v) is 1.43. The van der Waals surface area contributed by atoms with Gasteiger partial charge in [0.2, 0.25) is 0 Å². The maximum Gasteiger partial charge on any atom is 0.0964 e. The van der Waals surface area contributed by atoms with Gasteiger partial charge in [-0.05, 0) is 12.1 Å². The van der Waals surface area contributed by atoms with Crippen molar-refractivity contribution < 1.29 is 0 Å². The van der Waals surface area contributed by atoms with Crippen LogP contribution >= 0.6 is 0 Å². The van der Waals surface area contributed by atoms with Crippen LogP contribution in [-0.4, -0.2) is 9.97 Å². The molecule has 2 heteroatoms. The molecule has 0 fully saturated rings. The molecule has 0 saturated carbocycles. The third-order valence-corrected chi connectivity index (χ3v) is 2.12. The normalized spacial score (nSPS) is 8.44. The lowest BCUT2D eigenvalue weighted by atomic mass is 10.1. The van der Waals surface area contributed by atoms with Crippen LogP contribution in [0.1, 0.15) is 38.8 Å². The summed E-state index contributed by atoms with van der Waals surface area (Å²) in [5.41, 5.74) is 3.71. The Morgan fingerprint density at radius 3 is 2.22 bits per heavy atom. The van der Waals surface area contributed by atoms with Crippen molar-refractivity contribution in [3.8, 4) is 0 Å². The Morgan fingerprint density at radius 1 is 1.00 bits per heavy atom. The fraction of sp³-hybridized carbons (Fsp3) is 0.250. The van der Waals surface area contributed by atoms with Crippen molar-refractivity contribution in [2.24, 2.45) is 0 Å². The van der Waals surface area contributed by atoms with Crippen molar-refractivity contribution in [2.75, 3.05) is 0 Å². The molecule has 0 aliphatic rings. The van der Waals surface area contributed by atoms with Crippen molar-refractivity contribution in [3.05, 3.63) is 48.8 Å². The van der Waals surface area contributed by atoms with Crippen LogP contribution in [0.2, 0.25) is 0 Å². The summed E-state index contributed by atoms with van der Waals surface area (Å²) in [6.07, 6.45) is 7.09. The Labute approximate surface area is 110 Å². The summed E-state index contributed by atoms with van der Waals surface area (Å²) in [5.74, 6) is 0. The number of hydrogen-bond acceptors (Lipinski definition) is 2. The third-order valence-electron chi connectivity index (χ3n) is 2.12. The average molecular weight is 242 g/mol. The van der Waals surface area contributed by atoms with E-state index >= 15 is 0 Å². The number of hydrogen-bond donors (Lipinski definition) is 0. The lowest BCUT2D eigenvalue weighted by Gasteiger charge is -2.03. The molecule has 0 radical (unpaired) electrons. The first-order valence-electron chi connectivity index (χ1n) is 6.35. The molecule has 0 aliphatic carbocycles. The van der Waals surface area contributed by atoms with E-state index in [1.165, 1.54) is 0 Å². The summed E-state index contributed by atoms with van der Waals surface area (Å²) in [5, 5.41) is 0. The fourth-order valence-electron chi connectivity index (χ4n) is 1.43. The first-order chi connectivity index (χ1) is 8.86. The van der Waals surface area contributed by atoms with Gasteiger partial charge in [0.05, 0.1) is 11.0 Å². The molecule has 2 rings (SSSR count). The molecule has 0 aliphatic heterocycles. The highest BCUT2D eigenvalue weighted by molar-refractivity contribution is 5.87. The van der Waals surface area contributed by atoms with E-state index in [0.29, 0.717) is 0 Å². The third kappa shape index (κ3) is 3.52. The topological polar surface area (TPSA) is 25.8 Å². The van der Waals surface area contributed by atoms with Crippen LogP contribution in [0, 0.1) is 0 Å². The molecule has 18 heavy (non-hydrogen) atoms. The molecule has 0 spiro atoms. The van der Waals surface area contributed by atoms with Crippen molar-refractivity contribution >= 4 is 23.2 Å². The molecular weight excluding hydrogens is 220 g/mol. The van der Waals surface area contributed by atoms with Gasteiger partial charge in [0.15, 0.2) is 0 Å². The second kappa shape index (κ2) is 9.11. The van der Waals surface area contributed by atoms with Crippen molar-refractivity contribution in [3.63, 3.8) is 0 Å². The zero-order valence-corrected chi connectivity index (χ0v) is 11.8. The second-order valence-corrected chi connectivity index (χ2v) is 2.91. The van der Waals surface area contributed by atoms with Gasteiger partial charge in [-0.2, -0.15) is 0 Å². The van der Waals surface area contributed by atoms with Crippen molar-refractivity contribution in [2.45, 2.75) is 27.7 Å². The molecule has 0 saturated heterocycles. The van der Waals surface area contributed by atoms with E-state index < -0.39 is 0 Å². The van der Waals surface area contributed by atoms with E-state index in [1.807, 2.05) is 39.8 Å². The number of aromatic nitrogens is 2. The monoisotopic (exact) mass is 242 g/mol. The lowest BCUT2D eigenvalue weighted by Crippen LogP contribution is -1.89. The Hall–Kier alpha value is -1.96. The molecule has 0 amide bonds. The van der Waals surface area contributed by atoms with Gasteiger partial charge in [0.25, 0.3) is 0 Å². The minimum Gasteiger partial charge on any atom is -0.254 e. The first-order valence-corrected chi connectivity index (χ1v) is 6.35. The van der Waals surface area contributed by atoms with Gasteiger partial charge < -0.3 is 0 Å². The van der Waals surface area contributed by atoms with Gasteiger partial charge in [-0.25, -0.2) is 0 Å². The molecule has 96 valence electrons. The predicted molar refractivity (Wildman–Crippen MR) is 82.4 cm³/mol. The Bertz CT molecular complexity index is 501. The number of rotatable bonds is 2. The Kier molecular flexibility index (Phi) is 8.12. The quantitative estimate of drug-likeness (QED) is 0.743. The van der Waals surface area contributed by atoms with Crippen LogP contribution in [0.25, 0.3) is 23.2 Å². The van der Waals surface area contributed by atoms with Crippen LogP contribution in [-0.2, 0) is 0 Å². The van der Waals surface area contributed by atoms with Crippen LogP contribution in [0.3, 0.4) is 0 Å². The molecule has 2 aromatic heterocycles. The molecule has 0 unspecified atom stereocenters. The molecule has 2 heterocycles. The maximum absolute atomic E-state index is 4.28. The average Bonchev–Trinajstić information content (AvgIpc) is 2.50.